The molecule has 0 spiro atoms. The lowest BCUT2D eigenvalue weighted by atomic mass is 9.87. The van der Waals surface area contributed by atoms with Gasteiger partial charge in [-0.05, 0) is 88.0 Å². The van der Waals surface area contributed by atoms with Gasteiger partial charge in [0.2, 0.25) is 5.95 Å². The Morgan fingerprint density at radius 3 is 2.49 bits per heavy atom. The lowest BCUT2D eigenvalue weighted by Crippen LogP contribution is -2.32. The molecule has 0 amide bonds. The Morgan fingerprint density at radius 2 is 1.82 bits per heavy atom. The van der Waals surface area contributed by atoms with Crippen LogP contribution in [-0.4, -0.2) is 50.1 Å². The summed E-state index contributed by atoms with van der Waals surface area (Å²) < 4.78 is 31.7. The van der Waals surface area contributed by atoms with Crippen molar-refractivity contribution in [2.45, 2.75) is 69.0 Å². The Balaban J connectivity index is 1.67. The molecule has 11 heteroatoms. The third-order valence-electron chi connectivity index (χ3n) is 6.74. The summed E-state index contributed by atoms with van der Waals surface area (Å²) in [4.78, 5) is 9.14. The van der Waals surface area contributed by atoms with Gasteiger partial charge in [-0.25, -0.2) is 13.4 Å². The molecule has 0 radical (unpaired) electrons. The number of halogens is 1. The maximum Gasteiger partial charge on any atom is 0.229 e. The van der Waals surface area contributed by atoms with Crippen LogP contribution in [0.2, 0.25) is 5.02 Å². The number of piperidine rings is 1. The van der Waals surface area contributed by atoms with Gasteiger partial charge in [0.15, 0.2) is 15.7 Å². The molecular weight excluding hydrogens is 533 g/mol. The van der Waals surface area contributed by atoms with Crippen molar-refractivity contribution < 1.29 is 13.2 Å². The fourth-order valence-electron chi connectivity index (χ4n) is 4.62. The van der Waals surface area contributed by atoms with Gasteiger partial charge in [-0.3, -0.25) is 0 Å². The van der Waals surface area contributed by atoms with Gasteiger partial charge in [0.05, 0.1) is 28.6 Å². The van der Waals surface area contributed by atoms with Gasteiger partial charge in [-0.15, -0.1) is 0 Å². The molecule has 2 aromatic carbocycles. The van der Waals surface area contributed by atoms with E-state index in [1.54, 1.807) is 46.0 Å². The van der Waals surface area contributed by atoms with Gasteiger partial charge in [-0.2, -0.15) is 4.98 Å². The van der Waals surface area contributed by atoms with Crippen LogP contribution in [0, 0.1) is 6.92 Å². The molecule has 3 N–H and O–H groups in total. The summed E-state index contributed by atoms with van der Waals surface area (Å²) >= 11 is 6.44. The third-order valence-corrected chi connectivity index (χ3v) is 9.56. The van der Waals surface area contributed by atoms with E-state index in [9.17, 15) is 8.42 Å². The number of nitrogens with one attached hydrogen (secondary N) is 3. The van der Waals surface area contributed by atoms with E-state index < -0.39 is 14.5 Å². The number of rotatable bonds is 9. The maximum atomic E-state index is 13.2. The predicted octanol–water partition coefficient (Wildman–Crippen LogP) is 5.32. The first-order chi connectivity index (χ1) is 18.4. The fourth-order valence-corrected chi connectivity index (χ4v) is 6.09. The molecule has 4 rings (SSSR count). The Morgan fingerprint density at radius 1 is 1.13 bits per heavy atom. The molecule has 208 valence electrons. The molecule has 1 fully saturated rings. The molecule has 1 aliphatic rings. The molecule has 8 nitrogen and oxygen atoms in total. The first-order valence-electron chi connectivity index (χ1n) is 13.3. The summed E-state index contributed by atoms with van der Waals surface area (Å²) in [6.07, 6.45) is 3.66. The van der Waals surface area contributed by atoms with Crippen molar-refractivity contribution >= 4 is 52.4 Å². The quantitative estimate of drug-likeness (QED) is 0.297. The number of benzene rings is 2. The minimum atomic E-state index is -3.62. The summed E-state index contributed by atoms with van der Waals surface area (Å²) in [5, 5.41) is 10.1. The van der Waals surface area contributed by atoms with Gasteiger partial charge in [-0.1, -0.05) is 37.6 Å². The lowest BCUT2D eigenvalue weighted by molar-refractivity contribution is 0.243. The minimum absolute atomic E-state index is 0.0150. The summed E-state index contributed by atoms with van der Waals surface area (Å²) in [5.41, 5.74) is 3.62. The molecule has 2 heterocycles. The van der Waals surface area contributed by atoms with E-state index >= 15 is 0 Å². The van der Waals surface area contributed by atoms with E-state index in [0.717, 1.165) is 37.4 Å². The van der Waals surface area contributed by atoms with Crippen LogP contribution in [-0.2, 0) is 9.84 Å². The van der Waals surface area contributed by atoms with Crippen molar-refractivity contribution in [1.29, 1.82) is 0 Å². The Labute approximate surface area is 237 Å². The van der Waals surface area contributed by atoms with E-state index in [-0.39, 0.29) is 16.0 Å². The Bertz CT molecular complexity index is 1440. The van der Waals surface area contributed by atoms with E-state index in [1.807, 2.05) is 13.8 Å². The third kappa shape index (κ3) is 6.68. The van der Waals surface area contributed by atoms with E-state index in [2.05, 4.69) is 45.0 Å². The van der Waals surface area contributed by atoms with Crippen LogP contribution in [0.15, 0.2) is 47.5 Å². The number of hydrogen-bond acceptors (Lipinski definition) is 8. The highest BCUT2D eigenvalue weighted by Crippen LogP contribution is 2.38. The van der Waals surface area contributed by atoms with Crippen LogP contribution in [0.25, 0.3) is 0 Å². The second kappa shape index (κ2) is 11.7. The number of aromatic nitrogens is 2. The normalized spacial score (nSPS) is 14.8. The zero-order chi connectivity index (χ0) is 28.4. The predicted molar refractivity (Wildman–Crippen MR) is 162 cm³/mol. The second-order valence-electron chi connectivity index (χ2n) is 11.1. The van der Waals surface area contributed by atoms with Gasteiger partial charge in [0.1, 0.15) is 18.6 Å². The Kier molecular flexibility index (Phi) is 8.78. The first kappa shape index (κ1) is 29.2. The van der Waals surface area contributed by atoms with Crippen LogP contribution < -0.4 is 20.7 Å². The molecule has 0 aliphatic carbocycles. The van der Waals surface area contributed by atoms with Crippen LogP contribution in [0.5, 0.6) is 5.75 Å². The SMILES string of the molecule is BC(C)(C)S(=O)(=O)c1ccccc1Nc1nc(Nc2cc(C)c(C3CCNCC3)cc2OC(C)C)ncc1Cl. The largest absolute Gasteiger partial charge is 0.489 e. The van der Waals surface area contributed by atoms with Crippen molar-refractivity contribution in [1.82, 2.24) is 15.3 Å². The number of ether oxygens (including phenoxy) is 1. The second-order valence-corrected chi connectivity index (χ2v) is 14.2. The molecule has 1 aromatic heterocycles. The van der Waals surface area contributed by atoms with Crippen LogP contribution in [0.4, 0.5) is 23.1 Å². The van der Waals surface area contributed by atoms with Gasteiger partial charge in [0, 0.05) is 4.65 Å². The summed E-state index contributed by atoms with van der Waals surface area (Å²) in [7, 11) is -1.94. The molecule has 0 bridgehead atoms. The average molecular weight is 570 g/mol. The summed E-state index contributed by atoms with van der Waals surface area (Å²) in [6, 6.07) is 11.0. The number of para-hydroxylation sites is 1. The topological polar surface area (TPSA) is 105 Å². The molecule has 1 saturated heterocycles. The van der Waals surface area contributed by atoms with E-state index in [0.29, 0.717) is 23.4 Å². The number of hydrogen-bond donors (Lipinski definition) is 3. The summed E-state index contributed by atoms with van der Waals surface area (Å²) in [6.45, 7) is 11.5. The molecule has 3 aromatic rings. The molecule has 1 aliphatic heterocycles. The highest BCUT2D eigenvalue weighted by Gasteiger charge is 2.32. The van der Waals surface area contributed by atoms with Crippen molar-refractivity contribution in [3.8, 4) is 5.75 Å². The number of nitrogens with zero attached hydrogens (tertiary/aromatic N) is 2. The highest BCUT2D eigenvalue weighted by atomic mass is 35.5. The van der Waals surface area contributed by atoms with Crippen LogP contribution in [0.1, 0.15) is 57.6 Å². The van der Waals surface area contributed by atoms with Gasteiger partial charge < -0.3 is 20.7 Å². The van der Waals surface area contributed by atoms with E-state index in [4.69, 9.17) is 16.3 Å². The lowest BCUT2D eigenvalue weighted by Gasteiger charge is -2.26. The van der Waals surface area contributed by atoms with Crippen molar-refractivity contribution in [3.63, 3.8) is 0 Å². The highest BCUT2D eigenvalue weighted by molar-refractivity contribution is 7.94. The van der Waals surface area contributed by atoms with Crippen LogP contribution >= 0.6 is 11.6 Å². The standard InChI is InChI=1S/C28H37BClN5O3S/c1-17(2)38-24-15-20(19-10-12-31-13-11-19)18(3)14-23(24)34-27-32-16-21(30)26(35-27)33-22-8-6-7-9-25(22)39(36,37)28(4,5)29/h6-9,14-17,19,31H,10-13,29H2,1-5H3,(H2,32,33,34,35). The zero-order valence-electron chi connectivity index (χ0n) is 23.4. The molecule has 0 saturated carbocycles. The van der Waals surface area contributed by atoms with Crippen molar-refractivity contribution in [2.24, 2.45) is 0 Å². The first-order valence-corrected chi connectivity index (χ1v) is 15.1. The number of sulfone groups is 1. The van der Waals surface area contributed by atoms with Gasteiger partial charge in [0.25, 0.3) is 0 Å². The van der Waals surface area contributed by atoms with E-state index in [1.165, 1.54) is 17.3 Å². The Hall–Kier alpha value is -2.82. The van der Waals surface area contributed by atoms with Crippen LogP contribution in [0.3, 0.4) is 0 Å². The zero-order valence-corrected chi connectivity index (χ0v) is 25.0. The average Bonchev–Trinajstić information content (AvgIpc) is 2.87. The number of aryl methyl sites for hydroxylation is 1. The maximum absolute atomic E-state index is 13.2. The molecule has 39 heavy (non-hydrogen) atoms. The molecule has 0 unspecified atom stereocenters. The number of anilines is 4. The van der Waals surface area contributed by atoms with Crippen molar-refractivity contribution in [3.05, 3.63) is 58.7 Å². The monoisotopic (exact) mass is 569 g/mol. The minimum Gasteiger partial charge on any atom is -0.489 e. The fraction of sp³-hybridized carbons (Fsp3) is 0.429. The molecular formula is C28H37BClN5O3S. The smallest absolute Gasteiger partial charge is 0.229 e. The van der Waals surface area contributed by atoms with Gasteiger partial charge >= 0.3 is 0 Å². The molecule has 0 atom stereocenters. The van der Waals surface area contributed by atoms with Crippen molar-refractivity contribution in [2.75, 3.05) is 23.7 Å². The summed E-state index contributed by atoms with van der Waals surface area (Å²) in [5.74, 6) is 1.82.